The predicted molar refractivity (Wildman–Crippen MR) is 119 cm³/mol. The lowest BCUT2D eigenvalue weighted by Crippen LogP contribution is -2.52. The Bertz CT molecular complexity index is 455. The molecule has 2 aliphatic carbocycles. The second-order valence-electron chi connectivity index (χ2n) is 9.15. The van der Waals surface area contributed by atoms with Crippen molar-refractivity contribution in [2.45, 2.75) is 120 Å². The van der Waals surface area contributed by atoms with Gasteiger partial charge in [0.05, 0.1) is 0 Å². The molecule has 28 heavy (non-hydrogen) atoms. The quantitative estimate of drug-likeness (QED) is 0.263. The highest BCUT2D eigenvalue weighted by molar-refractivity contribution is 6.78. The summed E-state index contributed by atoms with van der Waals surface area (Å²) >= 11 is 0. The molecule has 1 radical (unpaired) electrons. The summed E-state index contributed by atoms with van der Waals surface area (Å²) in [6.45, 7) is 6.33. The molecule has 2 fully saturated rings. The first-order valence-corrected chi connectivity index (χ1v) is 15.3. The van der Waals surface area contributed by atoms with E-state index in [0.29, 0.717) is 17.5 Å². The van der Waals surface area contributed by atoms with Crippen molar-refractivity contribution in [1.29, 1.82) is 0 Å². The largest absolute Gasteiger partial charge is 0.518 e. The number of carbonyl (C=O) groups excluding carboxylic acids is 1. The maximum atomic E-state index is 13.7. The first-order chi connectivity index (χ1) is 13.5. The van der Waals surface area contributed by atoms with E-state index in [-0.39, 0.29) is 5.97 Å². The lowest BCUT2D eigenvalue weighted by Gasteiger charge is -2.43. The average Bonchev–Trinajstić information content (AvgIpc) is 3.42. The summed E-state index contributed by atoms with van der Waals surface area (Å²) in [5.74, 6) is -0.0189. The first-order valence-electron chi connectivity index (χ1n) is 11.7. The van der Waals surface area contributed by atoms with E-state index in [2.05, 4.69) is 13.8 Å². The van der Waals surface area contributed by atoms with Gasteiger partial charge >= 0.3 is 9.28 Å². The summed E-state index contributed by atoms with van der Waals surface area (Å²) in [7, 11) is -0.545. The van der Waals surface area contributed by atoms with E-state index in [1.54, 1.807) is 14.2 Å². The van der Waals surface area contributed by atoms with E-state index in [4.69, 9.17) is 13.3 Å². The van der Waals surface area contributed by atoms with Crippen LogP contribution in [0, 0.1) is 0 Å². The zero-order valence-corrected chi connectivity index (χ0v) is 21.0. The zero-order valence-electron chi connectivity index (χ0n) is 19.0. The Hall–Kier alpha value is -0.176. The van der Waals surface area contributed by atoms with Crippen LogP contribution in [0.3, 0.4) is 0 Å². The molecule has 0 amide bonds. The van der Waals surface area contributed by atoms with Gasteiger partial charge in [0.2, 0.25) is 0 Å². The van der Waals surface area contributed by atoms with Gasteiger partial charge in [0.1, 0.15) is 5.04 Å². The molecule has 2 aliphatic rings. The van der Waals surface area contributed by atoms with E-state index in [0.717, 1.165) is 0 Å². The van der Waals surface area contributed by atoms with Gasteiger partial charge in [-0.3, -0.25) is 4.79 Å². The van der Waals surface area contributed by atoms with Crippen LogP contribution < -0.4 is 0 Å². The molecule has 4 nitrogen and oxygen atoms in total. The van der Waals surface area contributed by atoms with Crippen LogP contribution in [0.4, 0.5) is 0 Å². The number of carbonyl (C=O) groups is 1. The molecule has 0 spiro atoms. The number of hydrogen-bond donors (Lipinski definition) is 0. The highest BCUT2D eigenvalue weighted by Gasteiger charge is 2.56. The van der Waals surface area contributed by atoms with Crippen LogP contribution in [-0.4, -0.2) is 37.8 Å². The molecule has 0 aliphatic heterocycles. The molecule has 0 saturated heterocycles. The predicted octanol–water partition coefficient (Wildman–Crippen LogP) is 6.51. The minimum Gasteiger partial charge on any atom is -0.518 e. The van der Waals surface area contributed by atoms with Gasteiger partial charge in [-0.1, -0.05) is 58.8 Å². The van der Waals surface area contributed by atoms with Gasteiger partial charge in [-0.05, 0) is 56.2 Å². The fourth-order valence-corrected chi connectivity index (χ4v) is 13.4. The summed E-state index contributed by atoms with van der Waals surface area (Å²) in [6.07, 6.45) is 14.8. The Balaban J connectivity index is 2.34. The van der Waals surface area contributed by atoms with Crippen LogP contribution >= 0.6 is 0 Å². The minimum absolute atomic E-state index is 0.0189. The van der Waals surface area contributed by atoms with Crippen molar-refractivity contribution in [2.75, 3.05) is 14.2 Å². The van der Waals surface area contributed by atoms with Gasteiger partial charge in [0.25, 0.3) is 14.3 Å². The topological polar surface area (TPSA) is 44.8 Å². The van der Waals surface area contributed by atoms with Gasteiger partial charge in [-0.2, -0.15) is 0 Å². The molecule has 1 atom stereocenters. The van der Waals surface area contributed by atoms with Crippen LogP contribution in [0.15, 0.2) is 0 Å². The molecule has 0 aromatic rings. The van der Waals surface area contributed by atoms with Gasteiger partial charge in [-0.15, -0.1) is 0 Å². The smallest absolute Gasteiger partial charge is 0.402 e. The molecule has 163 valence electrons. The van der Waals surface area contributed by atoms with Crippen LogP contribution in [-0.2, 0) is 18.1 Å². The molecule has 2 saturated carbocycles. The van der Waals surface area contributed by atoms with Crippen LogP contribution in [0.25, 0.3) is 0 Å². The van der Waals surface area contributed by atoms with Gasteiger partial charge in [-0.25, -0.2) is 0 Å². The van der Waals surface area contributed by atoms with Crippen LogP contribution in [0.1, 0.15) is 97.8 Å². The van der Waals surface area contributed by atoms with E-state index >= 15 is 0 Å². The maximum Gasteiger partial charge on any atom is 0.402 e. The van der Waals surface area contributed by atoms with Crippen molar-refractivity contribution in [3.63, 3.8) is 0 Å². The summed E-state index contributed by atoms with van der Waals surface area (Å²) < 4.78 is 18.1. The average molecular weight is 428 g/mol. The third-order valence-electron chi connectivity index (χ3n) is 7.53. The molecular weight excluding hydrogens is 384 g/mol. The van der Waals surface area contributed by atoms with Gasteiger partial charge in [0, 0.05) is 14.2 Å². The molecule has 1 unspecified atom stereocenters. The fraction of sp³-hybridized carbons (Fsp3) is 0.955. The molecule has 0 heterocycles. The standard InChI is InChI=1S/C22H43O4Si2/c1-6-8-13-18-28(19-14-9-10-15-19,20-16-11-12-17-20)26-21(23)22(3,7-2)27(24-4)25-5/h19-20H,6-18H2,1-5H3. The summed E-state index contributed by atoms with van der Waals surface area (Å²) in [5, 5.41) is -0.644. The Morgan fingerprint density at radius 2 is 1.46 bits per heavy atom. The number of unbranched alkanes of at least 4 members (excludes halogenated alkanes) is 2. The lowest BCUT2D eigenvalue weighted by molar-refractivity contribution is -0.139. The van der Waals surface area contributed by atoms with Gasteiger partial charge < -0.3 is 13.3 Å². The van der Waals surface area contributed by atoms with E-state index in [1.807, 2.05) is 6.92 Å². The number of rotatable bonds is 12. The number of hydrogen-bond acceptors (Lipinski definition) is 4. The lowest BCUT2D eigenvalue weighted by atomic mass is 10.1. The van der Waals surface area contributed by atoms with Crippen molar-refractivity contribution in [3.05, 3.63) is 0 Å². The highest BCUT2D eigenvalue weighted by atomic mass is 28.4. The Labute approximate surface area is 176 Å². The molecular formula is C22H43O4Si2. The van der Waals surface area contributed by atoms with E-state index < -0.39 is 22.6 Å². The van der Waals surface area contributed by atoms with Crippen molar-refractivity contribution in [2.24, 2.45) is 0 Å². The minimum atomic E-state index is -2.17. The van der Waals surface area contributed by atoms with E-state index in [9.17, 15) is 4.79 Å². The summed E-state index contributed by atoms with van der Waals surface area (Å²) in [5.41, 5.74) is 1.33. The molecule has 0 aromatic heterocycles. The summed E-state index contributed by atoms with van der Waals surface area (Å²) in [6, 6.07) is 1.17. The second-order valence-corrected chi connectivity index (χ2v) is 15.9. The van der Waals surface area contributed by atoms with Crippen molar-refractivity contribution in [1.82, 2.24) is 0 Å². The SMILES string of the molecule is CCCCC[Si](OC(=O)C(C)(CC)[Si](OC)OC)(C1CCCC1)C1CCCC1. The maximum absolute atomic E-state index is 13.7. The second kappa shape index (κ2) is 11.3. The highest BCUT2D eigenvalue weighted by Crippen LogP contribution is 2.54. The van der Waals surface area contributed by atoms with Crippen molar-refractivity contribution in [3.8, 4) is 0 Å². The van der Waals surface area contributed by atoms with E-state index in [1.165, 1.54) is 76.7 Å². The van der Waals surface area contributed by atoms with Crippen LogP contribution in [0.5, 0.6) is 0 Å². The Morgan fingerprint density at radius 3 is 1.86 bits per heavy atom. The van der Waals surface area contributed by atoms with Gasteiger partial charge in [0.15, 0.2) is 0 Å². The molecule has 0 bridgehead atoms. The molecule has 2 rings (SSSR count). The first kappa shape index (κ1) is 24.1. The molecule has 0 aromatic carbocycles. The normalized spacial score (nSPS) is 21.4. The Morgan fingerprint density at radius 1 is 0.964 bits per heavy atom. The van der Waals surface area contributed by atoms with Crippen molar-refractivity contribution >= 4 is 23.6 Å². The Kier molecular flexibility index (Phi) is 9.71. The molecule has 0 N–H and O–H groups in total. The zero-order chi connectivity index (χ0) is 20.6. The summed E-state index contributed by atoms with van der Waals surface area (Å²) in [4.78, 5) is 13.7. The third-order valence-corrected chi connectivity index (χ3v) is 15.3. The third kappa shape index (κ3) is 5.11. The molecule has 6 heteroatoms. The fourth-order valence-electron chi connectivity index (χ4n) is 5.63. The van der Waals surface area contributed by atoms with Crippen molar-refractivity contribution < 1.29 is 18.1 Å². The monoisotopic (exact) mass is 427 g/mol. The van der Waals surface area contributed by atoms with Crippen LogP contribution in [0.2, 0.25) is 22.2 Å².